The summed E-state index contributed by atoms with van der Waals surface area (Å²) in [6.45, 7) is 1.86. The van der Waals surface area contributed by atoms with E-state index in [-0.39, 0.29) is 12.0 Å². The van der Waals surface area contributed by atoms with Gasteiger partial charge in [0.25, 0.3) is 0 Å². The van der Waals surface area contributed by atoms with Crippen LogP contribution in [0.2, 0.25) is 0 Å². The molecule has 2 aliphatic rings. The molecule has 4 rings (SSSR count). The second-order valence-corrected chi connectivity index (χ2v) is 8.76. The summed E-state index contributed by atoms with van der Waals surface area (Å²) in [5.74, 6) is 7.34. The maximum Gasteiger partial charge on any atom is 0.407 e. The number of nitrogens with zero attached hydrogens (tertiary/aromatic N) is 2. The van der Waals surface area contributed by atoms with Crippen molar-refractivity contribution in [1.82, 2.24) is 10.1 Å². The number of carbonyl (C=O) groups is 1. The minimum absolute atomic E-state index is 0.122. The molecule has 1 aliphatic carbocycles. The third-order valence-electron chi connectivity index (χ3n) is 6.54. The fourth-order valence-corrected chi connectivity index (χ4v) is 4.28. The van der Waals surface area contributed by atoms with Crippen molar-refractivity contribution in [3.05, 3.63) is 23.4 Å². The van der Waals surface area contributed by atoms with E-state index in [1.807, 2.05) is 12.1 Å². The van der Waals surface area contributed by atoms with Gasteiger partial charge in [-0.1, -0.05) is 17.0 Å². The van der Waals surface area contributed by atoms with Crippen molar-refractivity contribution in [3.8, 4) is 17.6 Å². The summed E-state index contributed by atoms with van der Waals surface area (Å²) in [5.41, 5.74) is 1.92. The monoisotopic (exact) mass is 442 g/mol. The maximum atomic E-state index is 11.1. The van der Waals surface area contributed by atoms with E-state index in [1.165, 1.54) is 4.90 Å². The SMILES string of the molecule is COCC#CC1(COc2ccc3c(CCC4CCN(C(=O)O)CC4)noc3c2CO)CC1. The lowest BCUT2D eigenvalue weighted by atomic mass is 9.91. The molecule has 0 radical (unpaired) electrons. The predicted octanol–water partition coefficient (Wildman–Crippen LogP) is 3.45. The first-order valence-corrected chi connectivity index (χ1v) is 11.2. The average Bonchev–Trinajstić information content (AvgIpc) is 3.46. The van der Waals surface area contributed by atoms with Crippen LogP contribution < -0.4 is 4.74 Å². The molecular weight excluding hydrogens is 412 g/mol. The van der Waals surface area contributed by atoms with E-state index in [0.717, 1.165) is 49.6 Å². The molecule has 2 fully saturated rings. The van der Waals surface area contributed by atoms with Gasteiger partial charge in [-0.25, -0.2) is 4.79 Å². The number of carboxylic acid groups (broad SMARTS) is 1. The van der Waals surface area contributed by atoms with E-state index in [0.29, 0.717) is 49.1 Å². The van der Waals surface area contributed by atoms with E-state index in [1.54, 1.807) is 7.11 Å². The standard InChI is InChI=1S/C24H30N2O6/c1-30-14-2-9-24(10-11-24)16-31-21-6-4-18-20(25-32-22(18)19(21)15-27)5-3-17-7-12-26(13-8-17)23(28)29/h4,6,17,27H,3,5,7-8,10-16H2,1H3,(H,28,29). The van der Waals surface area contributed by atoms with Gasteiger partial charge in [0.2, 0.25) is 0 Å². The topological polar surface area (TPSA) is 105 Å². The molecule has 0 bridgehead atoms. The van der Waals surface area contributed by atoms with Gasteiger partial charge in [0, 0.05) is 25.6 Å². The first kappa shape index (κ1) is 22.4. The van der Waals surface area contributed by atoms with E-state index in [9.17, 15) is 9.90 Å². The number of amides is 1. The molecule has 2 heterocycles. The van der Waals surface area contributed by atoms with Gasteiger partial charge < -0.3 is 29.1 Å². The minimum atomic E-state index is -0.838. The second-order valence-electron chi connectivity index (χ2n) is 8.76. The summed E-state index contributed by atoms with van der Waals surface area (Å²) in [7, 11) is 1.63. The second kappa shape index (κ2) is 9.80. The molecule has 0 unspecified atom stereocenters. The highest BCUT2D eigenvalue weighted by atomic mass is 16.5. The number of aliphatic hydroxyl groups excluding tert-OH is 1. The Labute approximate surface area is 187 Å². The lowest BCUT2D eigenvalue weighted by Crippen LogP contribution is -2.37. The molecule has 1 aliphatic heterocycles. The molecule has 1 amide bonds. The van der Waals surface area contributed by atoms with Crippen molar-refractivity contribution in [2.45, 2.75) is 45.1 Å². The van der Waals surface area contributed by atoms with Crippen LogP contribution in [0.1, 0.15) is 43.4 Å². The first-order valence-electron chi connectivity index (χ1n) is 11.2. The van der Waals surface area contributed by atoms with Crippen LogP contribution in [-0.4, -0.2) is 59.8 Å². The zero-order valence-corrected chi connectivity index (χ0v) is 18.4. The summed E-state index contributed by atoms with van der Waals surface area (Å²) in [4.78, 5) is 12.5. The number of rotatable bonds is 8. The van der Waals surface area contributed by atoms with Gasteiger partial charge in [-0.05, 0) is 56.6 Å². The average molecular weight is 443 g/mol. The highest BCUT2D eigenvalue weighted by molar-refractivity contribution is 5.84. The molecule has 2 aromatic rings. The Morgan fingerprint density at radius 2 is 2.12 bits per heavy atom. The number of likely N-dealkylation sites (tertiary alicyclic amines) is 1. The summed E-state index contributed by atoms with van der Waals surface area (Å²) < 4.78 is 16.6. The van der Waals surface area contributed by atoms with Crippen LogP contribution in [0.3, 0.4) is 0 Å². The molecule has 0 atom stereocenters. The Morgan fingerprint density at radius 1 is 1.34 bits per heavy atom. The van der Waals surface area contributed by atoms with Crippen LogP contribution in [0.25, 0.3) is 11.0 Å². The zero-order chi connectivity index (χ0) is 22.6. The van der Waals surface area contributed by atoms with Gasteiger partial charge in [-0.2, -0.15) is 0 Å². The smallest absolute Gasteiger partial charge is 0.407 e. The van der Waals surface area contributed by atoms with E-state index >= 15 is 0 Å². The Bertz CT molecular complexity index is 1010. The summed E-state index contributed by atoms with van der Waals surface area (Å²) in [5, 5.41) is 24.2. The number of methoxy groups -OCH3 is 1. The van der Waals surface area contributed by atoms with Gasteiger partial charge in [0.15, 0.2) is 5.58 Å². The van der Waals surface area contributed by atoms with Crippen LogP contribution in [0.15, 0.2) is 16.7 Å². The van der Waals surface area contributed by atoms with Gasteiger partial charge in [0.05, 0.1) is 23.3 Å². The van der Waals surface area contributed by atoms with E-state index in [4.69, 9.17) is 19.1 Å². The van der Waals surface area contributed by atoms with Crippen LogP contribution in [0, 0.1) is 23.2 Å². The van der Waals surface area contributed by atoms with Crippen molar-refractivity contribution in [3.63, 3.8) is 0 Å². The number of fused-ring (bicyclic) bond motifs is 1. The van der Waals surface area contributed by atoms with E-state index < -0.39 is 6.09 Å². The van der Waals surface area contributed by atoms with Gasteiger partial charge in [-0.3, -0.25) is 0 Å². The Balaban J connectivity index is 1.40. The number of ether oxygens (including phenoxy) is 2. The third-order valence-corrected chi connectivity index (χ3v) is 6.54. The third kappa shape index (κ3) is 5.00. The summed E-state index contributed by atoms with van der Waals surface area (Å²) >= 11 is 0. The Kier molecular flexibility index (Phi) is 6.87. The molecule has 1 aromatic carbocycles. The van der Waals surface area contributed by atoms with Crippen molar-refractivity contribution in [1.29, 1.82) is 0 Å². The molecular formula is C24H30N2O6. The van der Waals surface area contributed by atoms with Crippen LogP contribution in [-0.2, 0) is 17.8 Å². The van der Waals surface area contributed by atoms with Gasteiger partial charge in [-0.15, -0.1) is 0 Å². The van der Waals surface area contributed by atoms with E-state index in [2.05, 4.69) is 17.0 Å². The number of hydrogen-bond acceptors (Lipinski definition) is 6. The fourth-order valence-electron chi connectivity index (χ4n) is 4.28. The largest absolute Gasteiger partial charge is 0.491 e. The Morgan fingerprint density at radius 3 is 2.78 bits per heavy atom. The molecule has 172 valence electrons. The first-order chi connectivity index (χ1) is 15.5. The number of aryl methyl sites for hydroxylation is 1. The molecule has 2 N–H and O–H groups in total. The maximum absolute atomic E-state index is 11.1. The molecule has 0 spiro atoms. The lowest BCUT2D eigenvalue weighted by molar-refractivity contribution is 0.123. The highest BCUT2D eigenvalue weighted by Gasteiger charge is 2.42. The molecule has 1 saturated heterocycles. The van der Waals surface area contributed by atoms with Crippen molar-refractivity contribution >= 4 is 17.1 Å². The molecule has 1 aromatic heterocycles. The van der Waals surface area contributed by atoms with Crippen molar-refractivity contribution < 1.29 is 29.0 Å². The van der Waals surface area contributed by atoms with Gasteiger partial charge in [0.1, 0.15) is 19.0 Å². The lowest BCUT2D eigenvalue weighted by Gasteiger charge is -2.29. The van der Waals surface area contributed by atoms with Crippen LogP contribution in [0.4, 0.5) is 4.79 Å². The summed E-state index contributed by atoms with van der Waals surface area (Å²) in [6.07, 6.45) is 4.60. The Hall–Kier alpha value is -2.76. The van der Waals surface area contributed by atoms with Gasteiger partial charge >= 0.3 is 6.09 Å². The normalized spacial score (nSPS) is 17.8. The number of aliphatic hydroxyl groups is 1. The summed E-state index contributed by atoms with van der Waals surface area (Å²) in [6, 6.07) is 3.82. The van der Waals surface area contributed by atoms with Crippen molar-refractivity contribution in [2.24, 2.45) is 11.3 Å². The molecule has 8 heteroatoms. The van der Waals surface area contributed by atoms with Crippen LogP contribution >= 0.6 is 0 Å². The molecule has 8 nitrogen and oxygen atoms in total. The fraction of sp³-hybridized carbons (Fsp3) is 0.583. The number of benzene rings is 1. The number of aromatic nitrogens is 1. The molecule has 32 heavy (non-hydrogen) atoms. The van der Waals surface area contributed by atoms with Crippen LogP contribution in [0.5, 0.6) is 5.75 Å². The number of hydrogen-bond donors (Lipinski definition) is 2. The van der Waals surface area contributed by atoms with Crippen molar-refractivity contribution in [2.75, 3.05) is 33.4 Å². The minimum Gasteiger partial charge on any atom is -0.491 e. The predicted molar refractivity (Wildman–Crippen MR) is 117 cm³/mol. The highest BCUT2D eigenvalue weighted by Crippen LogP contribution is 2.45. The quantitative estimate of drug-likeness (QED) is 0.603. The number of piperidine rings is 1. The molecule has 1 saturated carbocycles. The zero-order valence-electron chi connectivity index (χ0n) is 18.4.